The van der Waals surface area contributed by atoms with Crippen LogP contribution in [0.4, 0.5) is 5.69 Å². The first-order chi connectivity index (χ1) is 8.61. The Balaban J connectivity index is 2.13. The van der Waals surface area contributed by atoms with Gasteiger partial charge in [-0.25, -0.2) is 4.98 Å². The van der Waals surface area contributed by atoms with Gasteiger partial charge in [-0.3, -0.25) is 0 Å². The average Bonchev–Trinajstić information content (AvgIpc) is 2.79. The maximum absolute atomic E-state index is 6.08. The number of hydrogen-bond acceptors (Lipinski definition) is 2. The Morgan fingerprint density at radius 2 is 1.89 bits per heavy atom. The third kappa shape index (κ3) is 2.91. The van der Waals surface area contributed by atoms with Crippen molar-refractivity contribution in [3.63, 3.8) is 0 Å². The first-order valence-corrected chi connectivity index (χ1v) is 6.63. The number of imidazole rings is 1. The van der Waals surface area contributed by atoms with Crippen molar-refractivity contribution in [2.75, 3.05) is 5.32 Å². The number of aromatic nitrogens is 2. The number of nitrogens with one attached hydrogen (secondary N) is 1. The third-order valence-electron chi connectivity index (χ3n) is 2.59. The quantitative estimate of drug-likeness (QED) is 0.844. The van der Waals surface area contributed by atoms with Crippen LogP contribution in [-0.2, 0) is 13.1 Å². The normalized spacial score (nSPS) is 10.7. The van der Waals surface area contributed by atoms with E-state index in [1.807, 2.05) is 6.20 Å². The lowest BCUT2D eigenvalue weighted by Gasteiger charge is -2.10. The molecule has 0 saturated heterocycles. The zero-order chi connectivity index (χ0) is 13.1. The number of halogens is 3. The summed E-state index contributed by atoms with van der Waals surface area (Å²) in [5.41, 5.74) is 0.747. The van der Waals surface area contributed by atoms with Crippen LogP contribution < -0.4 is 5.32 Å². The van der Waals surface area contributed by atoms with Crippen molar-refractivity contribution in [2.45, 2.75) is 20.0 Å². The van der Waals surface area contributed by atoms with Crippen molar-refractivity contribution < 1.29 is 0 Å². The summed E-state index contributed by atoms with van der Waals surface area (Å²) < 4.78 is 2.05. The van der Waals surface area contributed by atoms with Crippen molar-refractivity contribution in [2.24, 2.45) is 0 Å². The molecule has 1 aromatic carbocycles. The zero-order valence-corrected chi connectivity index (χ0v) is 12.0. The largest absolute Gasteiger partial charge is 0.377 e. The molecule has 1 heterocycles. The molecule has 18 heavy (non-hydrogen) atoms. The fraction of sp³-hybridized carbons (Fsp3) is 0.250. The maximum atomic E-state index is 6.08. The minimum Gasteiger partial charge on any atom is -0.377 e. The highest BCUT2D eigenvalue weighted by Crippen LogP contribution is 2.32. The number of rotatable bonds is 4. The summed E-state index contributed by atoms with van der Waals surface area (Å²) in [6.07, 6.45) is 3.71. The molecule has 0 bridgehead atoms. The molecular formula is C12H12Cl3N3. The Morgan fingerprint density at radius 3 is 2.61 bits per heavy atom. The molecule has 0 spiro atoms. The summed E-state index contributed by atoms with van der Waals surface area (Å²) in [7, 11) is 0. The fourth-order valence-electron chi connectivity index (χ4n) is 1.63. The van der Waals surface area contributed by atoms with Crippen LogP contribution >= 0.6 is 34.8 Å². The number of anilines is 1. The lowest BCUT2D eigenvalue weighted by molar-refractivity contribution is 0.708. The van der Waals surface area contributed by atoms with Crippen LogP contribution in [0.2, 0.25) is 15.1 Å². The predicted molar refractivity (Wildman–Crippen MR) is 76.7 cm³/mol. The molecule has 2 rings (SSSR count). The number of aryl methyl sites for hydroxylation is 1. The van der Waals surface area contributed by atoms with Gasteiger partial charge in [0.1, 0.15) is 5.82 Å². The molecular weight excluding hydrogens is 293 g/mol. The molecule has 0 saturated carbocycles. The summed E-state index contributed by atoms with van der Waals surface area (Å²) in [4.78, 5) is 4.27. The second-order valence-corrected chi connectivity index (χ2v) is 4.95. The van der Waals surface area contributed by atoms with E-state index >= 15 is 0 Å². The van der Waals surface area contributed by atoms with Gasteiger partial charge in [0, 0.05) is 18.9 Å². The van der Waals surface area contributed by atoms with Gasteiger partial charge in [-0.2, -0.15) is 0 Å². The molecule has 2 aromatic rings. The van der Waals surface area contributed by atoms with Crippen LogP contribution in [0.15, 0.2) is 24.5 Å². The summed E-state index contributed by atoms with van der Waals surface area (Å²) in [5.74, 6) is 0.944. The van der Waals surface area contributed by atoms with Gasteiger partial charge in [0.05, 0.1) is 27.3 Å². The van der Waals surface area contributed by atoms with Gasteiger partial charge in [-0.05, 0) is 19.1 Å². The van der Waals surface area contributed by atoms with Gasteiger partial charge in [0.25, 0.3) is 0 Å². The lowest BCUT2D eigenvalue weighted by Crippen LogP contribution is -2.07. The van der Waals surface area contributed by atoms with Crippen molar-refractivity contribution in [1.29, 1.82) is 0 Å². The minimum absolute atomic E-state index is 0.447. The number of hydrogen-bond donors (Lipinski definition) is 1. The Morgan fingerprint density at radius 1 is 1.17 bits per heavy atom. The molecule has 0 atom stereocenters. The molecule has 1 aromatic heterocycles. The van der Waals surface area contributed by atoms with E-state index in [1.54, 1.807) is 18.3 Å². The topological polar surface area (TPSA) is 29.9 Å². The number of nitrogens with zero attached hydrogens (tertiary/aromatic N) is 2. The van der Waals surface area contributed by atoms with E-state index in [0.717, 1.165) is 18.1 Å². The molecule has 1 N–H and O–H groups in total. The van der Waals surface area contributed by atoms with Crippen molar-refractivity contribution >= 4 is 40.5 Å². The van der Waals surface area contributed by atoms with Crippen LogP contribution in [0.1, 0.15) is 12.7 Å². The van der Waals surface area contributed by atoms with Gasteiger partial charge in [0.15, 0.2) is 0 Å². The van der Waals surface area contributed by atoms with E-state index in [-0.39, 0.29) is 0 Å². The van der Waals surface area contributed by atoms with E-state index in [2.05, 4.69) is 21.8 Å². The van der Waals surface area contributed by atoms with E-state index in [1.165, 1.54) is 0 Å². The van der Waals surface area contributed by atoms with Gasteiger partial charge in [-0.1, -0.05) is 34.8 Å². The Labute approximate surface area is 121 Å². The molecule has 96 valence electrons. The van der Waals surface area contributed by atoms with E-state index in [0.29, 0.717) is 21.6 Å². The van der Waals surface area contributed by atoms with Crippen LogP contribution in [0.5, 0.6) is 0 Å². The molecule has 0 aliphatic heterocycles. The van der Waals surface area contributed by atoms with Crippen molar-refractivity contribution in [1.82, 2.24) is 9.55 Å². The second kappa shape index (κ2) is 5.83. The summed E-state index contributed by atoms with van der Waals surface area (Å²) >= 11 is 17.9. The van der Waals surface area contributed by atoms with Crippen molar-refractivity contribution in [3.05, 3.63) is 45.4 Å². The second-order valence-electron chi connectivity index (χ2n) is 3.73. The summed E-state index contributed by atoms with van der Waals surface area (Å²) in [6.45, 7) is 3.53. The molecule has 0 radical (unpaired) electrons. The van der Waals surface area contributed by atoms with E-state index in [4.69, 9.17) is 34.8 Å². The fourth-order valence-corrected chi connectivity index (χ4v) is 2.24. The van der Waals surface area contributed by atoms with Crippen LogP contribution in [0.25, 0.3) is 0 Å². The first-order valence-electron chi connectivity index (χ1n) is 5.50. The van der Waals surface area contributed by atoms with Crippen molar-refractivity contribution in [3.8, 4) is 0 Å². The monoisotopic (exact) mass is 303 g/mol. The summed E-state index contributed by atoms with van der Waals surface area (Å²) in [6, 6.07) is 3.34. The third-order valence-corrected chi connectivity index (χ3v) is 3.62. The van der Waals surface area contributed by atoms with Gasteiger partial charge in [0.2, 0.25) is 0 Å². The highest BCUT2D eigenvalue weighted by molar-refractivity contribution is 6.44. The molecule has 6 heteroatoms. The van der Waals surface area contributed by atoms with Gasteiger partial charge < -0.3 is 9.88 Å². The van der Waals surface area contributed by atoms with Gasteiger partial charge >= 0.3 is 0 Å². The van der Waals surface area contributed by atoms with Gasteiger partial charge in [-0.15, -0.1) is 0 Å². The van der Waals surface area contributed by atoms with Crippen LogP contribution in [0.3, 0.4) is 0 Å². The zero-order valence-electron chi connectivity index (χ0n) is 9.75. The lowest BCUT2D eigenvalue weighted by atomic mass is 10.3. The SMILES string of the molecule is CCn1ccnc1CNc1cc(Cl)c(Cl)cc1Cl. The maximum Gasteiger partial charge on any atom is 0.128 e. The van der Waals surface area contributed by atoms with E-state index < -0.39 is 0 Å². The Kier molecular flexibility index (Phi) is 4.38. The standard InChI is InChI=1S/C12H12Cl3N3/c1-2-18-4-3-16-12(18)7-17-11-6-9(14)8(13)5-10(11)15/h3-6,17H,2,7H2,1H3. The molecule has 0 fully saturated rings. The first kappa shape index (κ1) is 13.5. The molecule has 0 aliphatic rings. The molecule has 0 aliphatic carbocycles. The number of benzene rings is 1. The highest BCUT2D eigenvalue weighted by atomic mass is 35.5. The Bertz CT molecular complexity index is 551. The highest BCUT2D eigenvalue weighted by Gasteiger charge is 2.07. The average molecular weight is 305 g/mol. The molecule has 0 unspecified atom stereocenters. The van der Waals surface area contributed by atoms with Crippen LogP contribution in [0, 0.1) is 0 Å². The minimum atomic E-state index is 0.447. The molecule has 3 nitrogen and oxygen atoms in total. The predicted octanol–water partition coefficient (Wildman–Crippen LogP) is 4.48. The van der Waals surface area contributed by atoms with E-state index in [9.17, 15) is 0 Å². The Hall–Kier alpha value is -0.900. The smallest absolute Gasteiger partial charge is 0.128 e. The summed E-state index contributed by atoms with van der Waals surface area (Å²) in [5, 5.41) is 4.66. The van der Waals surface area contributed by atoms with Crippen LogP contribution in [-0.4, -0.2) is 9.55 Å². The molecule has 0 amide bonds.